The summed E-state index contributed by atoms with van der Waals surface area (Å²) >= 11 is 12.0. The molecule has 2 nitrogen and oxygen atoms in total. The highest BCUT2D eigenvalue weighted by Gasteiger charge is 2.19. The Morgan fingerprint density at radius 1 is 1.05 bits per heavy atom. The van der Waals surface area contributed by atoms with Gasteiger partial charge in [0.1, 0.15) is 11.9 Å². The molecule has 0 bridgehead atoms. The van der Waals surface area contributed by atoms with Gasteiger partial charge in [-0.15, -0.1) is 0 Å². The molecule has 0 aliphatic rings. The second-order valence-corrected chi connectivity index (χ2v) is 5.73. The highest BCUT2D eigenvalue weighted by Crippen LogP contribution is 2.32. The molecule has 0 aliphatic heterocycles. The maximum atomic E-state index is 6.14. The first-order valence-corrected chi connectivity index (χ1v) is 7.17. The normalized spacial score (nSPS) is 13.8. The van der Waals surface area contributed by atoms with Crippen LogP contribution in [0.1, 0.15) is 24.2 Å². The average Bonchev–Trinajstić information content (AvgIpc) is 2.39. The molecule has 2 unspecified atom stereocenters. The van der Waals surface area contributed by atoms with Gasteiger partial charge < -0.3 is 10.5 Å². The Morgan fingerprint density at radius 2 is 1.70 bits per heavy atom. The first kappa shape index (κ1) is 15.2. The second-order valence-electron chi connectivity index (χ2n) is 4.88. The molecule has 0 saturated carbocycles. The van der Waals surface area contributed by atoms with E-state index in [1.54, 1.807) is 18.2 Å². The molecule has 0 fully saturated rings. The van der Waals surface area contributed by atoms with E-state index in [4.69, 9.17) is 33.7 Å². The maximum absolute atomic E-state index is 6.14. The lowest BCUT2D eigenvalue weighted by molar-refractivity contribution is 0.180. The third-order valence-corrected chi connectivity index (χ3v) is 3.56. The van der Waals surface area contributed by atoms with Crippen molar-refractivity contribution in [3.63, 3.8) is 0 Å². The van der Waals surface area contributed by atoms with Gasteiger partial charge in [-0.2, -0.15) is 0 Å². The number of halogens is 2. The summed E-state index contributed by atoms with van der Waals surface area (Å²) in [6.07, 6.45) is -0.255. The molecule has 0 radical (unpaired) electrons. The van der Waals surface area contributed by atoms with Gasteiger partial charge in [-0.05, 0) is 37.6 Å². The summed E-state index contributed by atoms with van der Waals surface area (Å²) in [6.45, 7) is 3.95. The minimum atomic E-state index is -0.255. The van der Waals surface area contributed by atoms with Crippen LogP contribution in [0.15, 0.2) is 42.5 Å². The minimum absolute atomic E-state index is 0.163. The van der Waals surface area contributed by atoms with Crippen molar-refractivity contribution < 1.29 is 4.74 Å². The van der Waals surface area contributed by atoms with Gasteiger partial charge in [-0.25, -0.2) is 0 Å². The molecule has 0 heterocycles. The molecule has 2 aromatic rings. The number of benzene rings is 2. The highest BCUT2D eigenvalue weighted by molar-refractivity contribution is 6.35. The smallest absolute Gasteiger partial charge is 0.139 e. The summed E-state index contributed by atoms with van der Waals surface area (Å²) in [7, 11) is 0. The number of rotatable bonds is 4. The zero-order valence-electron chi connectivity index (χ0n) is 11.4. The van der Waals surface area contributed by atoms with Gasteiger partial charge in [0, 0.05) is 11.1 Å². The zero-order valence-corrected chi connectivity index (χ0v) is 12.9. The van der Waals surface area contributed by atoms with E-state index >= 15 is 0 Å². The quantitative estimate of drug-likeness (QED) is 0.883. The van der Waals surface area contributed by atoms with Crippen molar-refractivity contribution in [3.8, 4) is 5.75 Å². The molecule has 0 spiro atoms. The summed E-state index contributed by atoms with van der Waals surface area (Å²) in [4.78, 5) is 0. The van der Waals surface area contributed by atoms with Gasteiger partial charge in [0.05, 0.1) is 5.02 Å². The lowest BCUT2D eigenvalue weighted by Gasteiger charge is -2.23. The van der Waals surface area contributed by atoms with Crippen LogP contribution in [0.4, 0.5) is 0 Å². The first-order valence-electron chi connectivity index (χ1n) is 6.41. The fourth-order valence-electron chi connectivity index (χ4n) is 1.94. The summed E-state index contributed by atoms with van der Waals surface area (Å²) in [5, 5.41) is 1.06. The van der Waals surface area contributed by atoms with E-state index in [2.05, 4.69) is 0 Å². The molecule has 0 aliphatic carbocycles. The fourth-order valence-corrected chi connectivity index (χ4v) is 2.40. The molecule has 2 rings (SSSR count). The molecule has 106 valence electrons. The van der Waals surface area contributed by atoms with Crippen LogP contribution >= 0.6 is 23.2 Å². The highest BCUT2D eigenvalue weighted by atomic mass is 35.5. The van der Waals surface area contributed by atoms with E-state index in [1.165, 1.54) is 5.56 Å². The van der Waals surface area contributed by atoms with Crippen LogP contribution in [-0.2, 0) is 0 Å². The lowest BCUT2D eigenvalue weighted by atomic mass is 10.0. The number of aryl methyl sites for hydroxylation is 1. The van der Waals surface area contributed by atoms with Crippen LogP contribution in [0.3, 0.4) is 0 Å². The van der Waals surface area contributed by atoms with E-state index < -0.39 is 0 Å². The number of ether oxygens (including phenoxy) is 1. The zero-order chi connectivity index (χ0) is 14.7. The summed E-state index contributed by atoms with van der Waals surface area (Å²) in [5.74, 6) is 0.582. The van der Waals surface area contributed by atoms with Gasteiger partial charge >= 0.3 is 0 Å². The van der Waals surface area contributed by atoms with Crippen LogP contribution in [0.25, 0.3) is 0 Å². The fraction of sp³-hybridized carbons (Fsp3) is 0.250. The Labute approximate surface area is 129 Å². The molecule has 0 aromatic heterocycles. The van der Waals surface area contributed by atoms with Gasteiger partial charge in [-0.1, -0.05) is 53.0 Å². The van der Waals surface area contributed by atoms with E-state index in [0.29, 0.717) is 15.8 Å². The van der Waals surface area contributed by atoms with Crippen LogP contribution in [0, 0.1) is 6.92 Å². The first-order chi connectivity index (χ1) is 9.47. The second kappa shape index (κ2) is 6.49. The summed E-state index contributed by atoms with van der Waals surface area (Å²) < 4.78 is 5.97. The van der Waals surface area contributed by atoms with E-state index in [1.807, 2.05) is 38.1 Å². The van der Waals surface area contributed by atoms with Gasteiger partial charge in [0.15, 0.2) is 0 Å². The van der Waals surface area contributed by atoms with E-state index in [9.17, 15) is 0 Å². The number of hydrogen-bond acceptors (Lipinski definition) is 2. The van der Waals surface area contributed by atoms with Crippen LogP contribution in [0.2, 0.25) is 10.0 Å². The maximum Gasteiger partial charge on any atom is 0.139 e. The molecule has 4 heteroatoms. The average molecular weight is 310 g/mol. The third-order valence-electron chi connectivity index (χ3n) is 3.03. The Morgan fingerprint density at radius 3 is 2.25 bits per heavy atom. The Balaban J connectivity index is 2.28. The predicted octanol–water partition coefficient (Wildman–Crippen LogP) is 4.77. The molecular weight excluding hydrogens is 293 g/mol. The van der Waals surface area contributed by atoms with E-state index in [0.717, 1.165) is 5.56 Å². The number of hydrogen-bond donors (Lipinski definition) is 1. The molecule has 20 heavy (non-hydrogen) atoms. The Hall–Kier alpha value is -1.22. The minimum Gasteiger partial charge on any atom is -0.483 e. The predicted molar refractivity (Wildman–Crippen MR) is 84.7 cm³/mol. The number of nitrogens with two attached hydrogens (primary N) is 1. The Bertz CT molecular complexity index is 582. The van der Waals surface area contributed by atoms with Crippen LogP contribution in [-0.4, -0.2) is 6.04 Å². The SMILES string of the molecule is Cc1ccc(C(Oc2ccc(Cl)cc2Cl)C(C)N)cc1. The van der Waals surface area contributed by atoms with E-state index in [-0.39, 0.29) is 12.1 Å². The van der Waals surface area contributed by atoms with Crippen molar-refractivity contribution >= 4 is 23.2 Å². The van der Waals surface area contributed by atoms with Crippen molar-refractivity contribution in [2.24, 2.45) is 5.73 Å². The van der Waals surface area contributed by atoms with Crippen molar-refractivity contribution in [3.05, 3.63) is 63.6 Å². The topological polar surface area (TPSA) is 35.2 Å². The van der Waals surface area contributed by atoms with Gasteiger partial charge in [0.25, 0.3) is 0 Å². The molecule has 2 N–H and O–H groups in total. The van der Waals surface area contributed by atoms with Crippen molar-refractivity contribution in [1.82, 2.24) is 0 Å². The molecule has 0 saturated heterocycles. The van der Waals surface area contributed by atoms with Crippen molar-refractivity contribution in [1.29, 1.82) is 0 Å². The van der Waals surface area contributed by atoms with Crippen molar-refractivity contribution in [2.75, 3.05) is 0 Å². The lowest BCUT2D eigenvalue weighted by Crippen LogP contribution is -2.29. The van der Waals surface area contributed by atoms with Crippen LogP contribution in [0.5, 0.6) is 5.75 Å². The van der Waals surface area contributed by atoms with Gasteiger partial charge in [0.2, 0.25) is 0 Å². The van der Waals surface area contributed by atoms with Crippen LogP contribution < -0.4 is 10.5 Å². The Kier molecular flexibility index (Phi) is 4.92. The van der Waals surface area contributed by atoms with Crippen molar-refractivity contribution in [2.45, 2.75) is 26.0 Å². The molecule has 2 atom stereocenters. The molecular formula is C16H17Cl2NO. The largest absolute Gasteiger partial charge is 0.483 e. The standard InChI is InChI=1S/C16H17Cl2NO/c1-10-3-5-12(6-4-10)16(11(2)19)20-15-8-7-13(17)9-14(15)18/h3-9,11,16H,19H2,1-2H3. The molecule has 2 aromatic carbocycles. The monoisotopic (exact) mass is 309 g/mol. The third kappa shape index (κ3) is 3.66. The summed E-state index contributed by atoms with van der Waals surface area (Å²) in [6, 6.07) is 13.1. The molecule has 0 amide bonds. The summed E-state index contributed by atoms with van der Waals surface area (Å²) in [5.41, 5.74) is 8.26. The van der Waals surface area contributed by atoms with Gasteiger partial charge in [-0.3, -0.25) is 0 Å².